The molecular formula is C22H28N4O3. The van der Waals surface area contributed by atoms with E-state index in [-0.39, 0.29) is 13.2 Å². The maximum atomic E-state index is 9.45. The Balaban J connectivity index is 1.33. The molecule has 4 N–H and O–H groups in total. The van der Waals surface area contributed by atoms with Crippen molar-refractivity contribution in [3.05, 3.63) is 54.2 Å². The number of aromatic amines is 1. The van der Waals surface area contributed by atoms with Crippen LogP contribution in [0.25, 0.3) is 10.9 Å². The first-order valence-electron chi connectivity index (χ1n) is 10.1. The number of hydrogen-bond donors (Lipinski definition) is 4. The van der Waals surface area contributed by atoms with Crippen molar-refractivity contribution in [3.63, 3.8) is 0 Å². The van der Waals surface area contributed by atoms with Gasteiger partial charge in [-0.1, -0.05) is 12.1 Å². The quantitative estimate of drug-likeness (QED) is 0.467. The fourth-order valence-electron chi connectivity index (χ4n) is 3.82. The fraction of sp³-hybridized carbons (Fsp3) is 0.409. The number of fused-ring (bicyclic) bond motifs is 1. The summed E-state index contributed by atoms with van der Waals surface area (Å²) < 4.78 is 5.57. The summed E-state index contributed by atoms with van der Waals surface area (Å²) >= 11 is 0. The molecule has 1 unspecified atom stereocenters. The molecule has 2 heterocycles. The largest absolute Gasteiger partial charge is 0.491 e. The van der Waals surface area contributed by atoms with Crippen molar-refractivity contribution >= 4 is 16.6 Å². The topological polar surface area (TPSA) is 93.6 Å². The van der Waals surface area contributed by atoms with Crippen LogP contribution in [0.15, 0.2) is 48.7 Å². The third-order valence-corrected chi connectivity index (χ3v) is 5.27. The lowest BCUT2D eigenvalue weighted by Crippen LogP contribution is -2.41. The molecule has 1 aliphatic rings. The van der Waals surface area contributed by atoms with Crippen molar-refractivity contribution in [1.82, 2.24) is 15.1 Å². The monoisotopic (exact) mass is 396 g/mol. The van der Waals surface area contributed by atoms with Crippen LogP contribution >= 0.6 is 0 Å². The molecule has 0 aliphatic carbocycles. The SMILES string of the molecule is OC[C@@H](O)COc1cccc(CN2CCCC(Nc3ccc4[nH]ncc4c3)C2)c1. The van der Waals surface area contributed by atoms with Gasteiger partial charge in [-0.3, -0.25) is 10.00 Å². The Morgan fingerprint density at radius 1 is 1.28 bits per heavy atom. The van der Waals surface area contributed by atoms with Gasteiger partial charge in [0.25, 0.3) is 0 Å². The van der Waals surface area contributed by atoms with E-state index in [0.717, 1.165) is 54.8 Å². The molecule has 2 aromatic carbocycles. The molecule has 3 aromatic rings. The number of anilines is 1. The van der Waals surface area contributed by atoms with Crippen LogP contribution in [0.4, 0.5) is 5.69 Å². The first-order valence-corrected chi connectivity index (χ1v) is 10.1. The summed E-state index contributed by atoms with van der Waals surface area (Å²) in [6, 6.07) is 14.7. The molecule has 0 bridgehead atoms. The zero-order valence-corrected chi connectivity index (χ0v) is 16.4. The Kier molecular flexibility index (Phi) is 6.29. The number of ether oxygens (including phenoxy) is 1. The Morgan fingerprint density at radius 3 is 3.10 bits per heavy atom. The van der Waals surface area contributed by atoms with Gasteiger partial charge in [-0.2, -0.15) is 5.10 Å². The Morgan fingerprint density at radius 2 is 2.21 bits per heavy atom. The number of nitrogens with one attached hydrogen (secondary N) is 2. The van der Waals surface area contributed by atoms with E-state index in [4.69, 9.17) is 9.84 Å². The highest BCUT2D eigenvalue weighted by Crippen LogP contribution is 2.22. The fourth-order valence-corrected chi connectivity index (χ4v) is 3.82. The van der Waals surface area contributed by atoms with Gasteiger partial charge in [0.15, 0.2) is 0 Å². The number of aromatic nitrogens is 2. The summed E-state index contributed by atoms with van der Waals surface area (Å²) in [7, 11) is 0. The molecule has 0 amide bonds. The maximum absolute atomic E-state index is 9.45. The first kappa shape index (κ1) is 19.7. The van der Waals surface area contributed by atoms with Gasteiger partial charge >= 0.3 is 0 Å². The lowest BCUT2D eigenvalue weighted by molar-refractivity contribution is 0.0535. The Hall–Kier alpha value is -2.61. The van der Waals surface area contributed by atoms with Gasteiger partial charge in [0, 0.05) is 30.2 Å². The van der Waals surface area contributed by atoms with Crippen molar-refractivity contribution < 1.29 is 14.9 Å². The molecule has 1 saturated heterocycles. The highest BCUT2D eigenvalue weighted by atomic mass is 16.5. The number of aliphatic hydroxyl groups excluding tert-OH is 2. The summed E-state index contributed by atoms with van der Waals surface area (Å²) in [5.41, 5.74) is 3.36. The minimum absolute atomic E-state index is 0.0939. The standard InChI is InChI=1S/C22H28N4O3/c27-14-20(28)15-29-21-5-1-3-16(9-21)12-26-8-2-4-19(13-26)24-18-6-7-22-17(10-18)11-23-25-22/h1,3,5-7,9-11,19-20,24,27-28H,2,4,8,12-15H2,(H,23,25)/t19?,20-/m1/s1. The van der Waals surface area contributed by atoms with E-state index in [1.54, 1.807) is 0 Å². The van der Waals surface area contributed by atoms with Crippen molar-refractivity contribution in [2.45, 2.75) is 31.5 Å². The van der Waals surface area contributed by atoms with Crippen molar-refractivity contribution in [2.75, 3.05) is 31.6 Å². The van der Waals surface area contributed by atoms with Crippen molar-refractivity contribution in [2.24, 2.45) is 0 Å². The van der Waals surface area contributed by atoms with Crippen LogP contribution in [-0.2, 0) is 6.54 Å². The van der Waals surface area contributed by atoms with Crippen LogP contribution < -0.4 is 10.1 Å². The third-order valence-electron chi connectivity index (χ3n) is 5.27. The van der Waals surface area contributed by atoms with E-state index >= 15 is 0 Å². The summed E-state index contributed by atoms with van der Waals surface area (Å²) in [6.07, 6.45) is 3.31. The number of hydrogen-bond acceptors (Lipinski definition) is 6. The van der Waals surface area contributed by atoms with E-state index in [2.05, 4.69) is 44.7 Å². The number of H-pyrrole nitrogens is 1. The van der Waals surface area contributed by atoms with Crippen LogP contribution in [0.1, 0.15) is 18.4 Å². The van der Waals surface area contributed by atoms with Crippen molar-refractivity contribution in [1.29, 1.82) is 0 Å². The van der Waals surface area contributed by atoms with Gasteiger partial charge < -0.3 is 20.3 Å². The highest BCUT2D eigenvalue weighted by molar-refractivity contribution is 5.81. The summed E-state index contributed by atoms with van der Waals surface area (Å²) in [5.74, 6) is 0.718. The molecule has 1 aromatic heterocycles. The molecule has 0 saturated carbocycles. The van der Waals surface area contributed by atoms with Crippen molar-refractivity contribution in [3.8, 4) is 5.75 Å². The lowest BCUT2D eigenvalue weighted by Gasteiger charge is -2.33. The number of piperidine rings is 1. The second kappa shape index (κ2) is 9.26. The minimum atomic E-state index is -0.853. The Bertz CT molecular complexity index is 929. The second-order valence-electron chi connectivity index (χ2n) is 7.69. The van der Waals surface area contributed by atoms with Gasteiger partial charge in [-0.05, 0) is 55.3 Å². The zero-order valence-electron chi connectivity index (χ0n) is 16.4. The van der Waals surface area contributed by atoms with Crippen LogP contribution in [0.2, 0.25) is 0 Å². The van der Waals surface area contributed by atoms with Gasteiger partial charge in [-0.25, -0.2) is 0 Å². The molecule has 1 aliphatic heterocycles. The van der Waals surface area contributed by atoms with Gasteiger partial charge in [-0.15, -0.1) is 0 Å². The molecule has 0 spiro atoms. The molecule has 29 heavy (non-hydrogen) atoms. The predicted octanol–water partition coefficient (Wildman–Crippen LogP) is 2.37. The molecule has 1 fully saturated rings. The maximum Gasteiger partial charge on any atom is 0.119 e. The lowest BCUT2D eigenvalue weighted by atomic mass is 10.0. The predicted molar refractivity (Wildman–Crippen MR) is 113 cm³/mol. The molecular weight excluding hydrogens is 368 g/mol. The molecule has 4 rings (SSSR count). The molecule has 0 radical (unpaired) electrons. The van der Waals surface area contributed by atoms with E-state index in [1.807, 2.05) is 24.4 Å². The van der Waals surface area contributed by atoms with Crippen LogP contribution in [-0.4, -0.2) is 63.8 Å². The average Bonchev–Trinajstić information content (AvgIpc) is 3.20. The number of benzene rings is 2. The minimum Gasteiger partial charge on any atom is -0.491 e. The number of likely N-dealkylation sites (tertiary alicyclic amines) is 1. The van der Waals surface area contributed by atoms with E-state index in [1.165, 1.54) is 5.56 Å². The summed E-state index contributed by atoms with van der Waals surface area (Å²) in [5, 5.41) is 30.2. The molecule has 7 nitrogen and oxygen atoms in total. The summed E-state index contributed by atoms with van der Waals surface area (Å²) in [6.45, 7) is 2.72. The van der Waals surface area contributed by atoms with E-state index in [0.29, 0.717) is 6.04 Å². The van der Waals surface area contributed by atoms with Crippen LogP contribution in [0.3, 0.4) is 0 Å². The highest BCUT2D eigenvalue weighted by Gasteiger charge is 2.20. The zero-order chi connectivity index (χ0) is 20.1. The summed E-state index contributed by atoms with van der Waals surface area (Å²) in [4.78, 5) is 2.46. The van der Waals surface area contributed by atoms with Crippen LogP contribution in [0, 0.1) is 0 Å². The van der Waals surface area contributed by atoms with Crippen LogP contribution in [0.5, 0.6) is 5.75 Å². The third kappa shape index (κ3) is 5.26. The van der Waals surface area contributed by atoms with E-state index < -0.39 is 6.10 Å². The first-order chi connectivity index (χ1) is 14.2. The smallest absolute Gasteiger partial charge is 0.119 e. The number of rotatable bonds is 8. The number of aliphatic hydroxyl groups is 2. The molecule has 2 atom stereocenters. The average molecular weight is 396 g/mol. The molecule has 7 heteroatoms. The second-order valence-corrected chi connectivity index (χ2v) is 7.69. The number of nitrogens with zero attached hydrogens (tertiary/aromatic N) is 2. The Labute approximate surface area is 170 Å². The van der Waals surface area contributed by atoms with Gasteiger partial charge in [0.2, 0.25) is 0 Å². The van der Waals surface area contributed by atoms with Gasteiger partial charge in [0.05, 0.1) is 18.3 Å². The normalized spacial score (nSPS) is 18.6. The van der Waals surface area contributed by atoms with E-state index in [9.17, 15) is 5.11 Å². The molecule has 154 valence electrons. The van der Waals surface area contributed by atoms with Gasteiger partial charge in [0.1, 0.15) is 18.5 Å².